The molecule has 0 unspecified atom stereocenters. The maximum atomic E-state index is 12.9. The highest BCUT2D eigenvalue weighted by molar-refractivity contribution is 7.89. The van der Waals surface area contributed by atoms with Crippen LogP contribution in [0.15, 0.2) is 4.90 Å². The van der Waals surface area contributed by atoms with Crippen molar-refractivity contribution in [3.8, 4) is 0 Å². The molecule has 0 aliphatic carbocycles. The fourth-order valence-corrected chi connectivity index (χ4v) is 4.68. The Bertz CT molecular complexity index is 776. The smallest absolute Gasteiger partial charge is 0.422 e. The minimum atomic E-state index is -4.60. The van der Waals surface area contributed by atoms with Gasteiger partial charge in [-0.05, 0) is 20.3 Å². The van der Waals surface area contributed by atoms with Gasteiger partial charge in [-0.2, -0.15) is 22.6 Å². The van der Waals surface area contributed by atoms with Crippen LogP contribution in [0.25, 0.3) is 0 Å². The molecule has 0 aromatic carbocycles. The first-order valence-corrected chi connectivity index (χ1v) is 9.36. The molecule has 0 atom stereocenters. The molecular weight excluding hydrogens is 377 g/mol. The summed E-state index contributed by atoms with van der Waals surface area (Å²) in [7, 11) is -2.18. The van der Waals surface area contributed by atoms with Crippen LogP contribution in [0.5, 0.6) is 0 Å². The van der Waals surface area contributed by atoms with E-state index in [1.165, 1.54) is 8.99 Å². The highest BCUT2D eigenvalue weighted by Gasteiger charge is 2.34. The second-order valence-electron chi connectivity index (χ2n) is 6.04. The monoisotopic (exact) mass is 398 g/mol. The van der Waals surface area contributed by atoms with Crippen molar-refractivity contribution in [3.63, 3.8) is 0 Å². The molecule has 12 heteroatoms. The van der Waals surface area contributed by atoms with Gasteiger partial charge in [-0.25, -0.2) is 13.2 Å². The Labute approximate surface area is 149 Å². The topological polar surface area (TPSA) is 84.7 Å². The van der Waals surface area contributed by atoms with Gasteiger partial charge in [0.15, 0.2) is 6.61 Å². The van der Waals surface area contributed by atoms with Crippen LogP contribution < -0.4 is 0 Å². The first-order chi connectivity index (χ1) is 11.9. The summed E-state index contributed by atoms with van der Waals surface area (Å²) < 4.78 is 69.2. The second kappa shape index (κ2) is 7.43. The molecule has 2 heterocycles. The summed E-state index contributed by atoms with van der Waals surface area (Å²) in [6, 6.07) is 0. The third-order valence-corrected chi connectivity index (χ3v) is 6.26. The van der Waals surface area contributed by atoms with Crippen molar-refractivity contribution >= 4 is 16.1 Å². The molecule has 1 fully saturated rings. The van der Waals surface area contributed by atoms with Gasteiger partial charge >= 0.3 is 12.3 Å². The molecule has 1 aromatic rings. The van der Waals surface area contributed by atoms with Gasteiger partial charge in [0, 0.05) is 33.2 Å². The van der Waals surface area contributed by atoms with Gasteiger partial charge in [0.05, 0.1) is 11.4 Å². The third-order valence-electron chi connectivity index (χ3n) is 4.11. The maximum Gasteiger partial charge on any atom is 0.422 e. The largest absolute Gasteiger partial charge is 0.440 e. The predicted molar refractivity (Wildman–Crippen MR) is 85.0 cm³/mol. The average Bonchev–Trinajstić information content (AvgIpc) is 2.71. The van der Waals surface area contributed by atoms with E-state index in [1.54, 1.807) is 20.9 Å². The zero-order valence-corrected chi connectivity index (χ0v) is 15.5. The second-order valence-corrected chi connectivity index (χ2v) is 7.91. The molecule has 0 bridgehead atoms. The molecule has 1 saturated heterocycles. The summed E-state index contributed by atoms with van der Waals surface area (Å²) in [5.41, 5.74) is 0.865. The molecule has 1 aliphatic heterocycles. The first-order valence-electron chi connectivity index (χ1n) is 7.92. The number of halogens is 3. The van der Waals surface area contributed by atoms with E-state index in [0.717, 1.165) is 4.90 Å². The lowest BCUT2D eigenvalue weighted by molar-refractivity contribution is -0.162. The van der Waals surface area contributed by atoms with E-state index in [-0.39, 0.29) is 31.1 Å². The Morgan fingerprint density at radius 1 is 1.19 bits per heavy atom. The summed E-state index contributed by atoms with van der Waals surface area (Å²) >= 11 is 0. The maximum absolute atomic E-state index is 12.9. The number of aromatic nitrogens is 2. The number of hydrogen-bond donors (Lipinski definition) is 0. The van der Waals surface area contributed by atoms with Crippen LogP contribution in [0.3, 0.4) is 0 Å². The fraction of sp³-hybridized carbons (Fsp3) is 0.714. The molecular formula is C14H21F3N4O4S. The predicted octanol–water partition coefficient (Wildman–Crippen LogP) is 1.43. The number of carbonyl (C=O) groups excluding carboxylic acids is 1. The zero-order chi connectivity index (χ0) is 19.7. The van der Waals surface area contributed by atoms with Gasteiger partial charge < -0.3 is 9.64 Å². The third kappa shape index (κ3) is 4.47. The molecule has 0 radical (unpaired) electrons. The first kappa shape index (κ1) is 20.5. The lowest BCUT2D eigenvalue weighted by Crippen LogP contribution is -2.38. The van der Waals surface area contributed by atoms with Gasteiger partial charge in [0.1, 0.15) is 4.90 Å². The van der Waals surface area contributed by atoms with Crippen LogP contribution in [0, 0.1) is 13.8 Å². The number of amides is 1. The van der Waals surface area contributed by atoms with Crippen LogP contribution in [0.2, 0.25) is 0 Å². The minimum absolute atomic E-state index is 0.0305. The van der Waals surface area contributed by atoms with E-state index in [2.05, 4.69) is 9.84 Å². The molecule has 1 amide bonds. The normalized spacial score (nSPS) is 17.2. The number of aryl methyl sites for hydroxylation is 2. The van der Waals surface area contributed by atoms with Crippen LogP contribution in [-0.4, -0.2) is 72.5 Å². The van der Waals surface area contributed by atoms with Crippen molar-refractivity contribution in [2.24, 2.45) is 7.05 Å². The van der Waals surface area contributed by atoms with Crippen LogP contribution in [0.1, 0.15) is 17.8 Å². The number of carbonyl (C=O) groups is 1. The number of sulfonamides is 1. The van der Waals surface area contributed by atoms with Gasteiger partial charge in [0.25, 0.3) is 0 Å². The standard InChI is InChI=1S/C14H21F3N4O4S/c1-10-12(11(2)19(3)18-10)26(23,24)21-6-4-5-20(7-8-21)13(22)25-9-14(15,16)17/h4-9H2,1-3H3. The van der Waals surface area contributed by atoms with E-state index in [4.69, 9.17) is 0 Å². The molecule has 0 saturated carbocycles. The highest BCUT2D eigenvalue weighted by atomic mass is 32.2. The number of nitrogens with zero attached hydrogens (tertiary/aromatic N) is 4. The molecule has 26 heavy (non-hydrogen) atoms. The SMILES string of the molecule is Cc1nn(C)c(C)c1S(=O)(=O)N1CCCN(C(=O)OCC(F)(F)F)CC1. The summed E-state index contributed by atoms with van der Waals surface area (Å²) in [5.74, 6) is 0. The van der Waals surface area contributed by atoms with Crippen LogP contribution >= 0.6 is 0 Å². The molecule has 148 valence electrons. The zero-order valence-electron chi connectivity index (χ0n) is 14.7. The highest BCUT2D eigenvalue weighted by Crippen LogP contribution is 2.24. The molecule has 1 aliphatic rings. The molecule has 1 aromatic heterocycles. The number of rotatable bonds is 3. The van der Waals surface area contributed by atoms with Crippen molar-refractivity contribution in [1.29, 1.82) is 0 Å². The Kier molecular flexibility index (Phi) is 5.85. The summed E-state index contributed by atoms with van der Waals surface area (Å²) in [5, 5.41) is 4.11. The Morgan fingerprint density at radius 3 is 2.38 bits per heavy atom. The lowest BCUT2D eigenvalue weighted by Gasteiger charge is -2.22. The van der Waals surface area contributed by atoms with Crippen molar-refractivity contribution < 1.29 is 31.1 Å². The van der Waals surface area contributed by atoms with Gasteiger partial charge in [0.2, 0.25) is 10.0 Å². The Morgan fingerprint density at radius 2 is 1.85 bits per heavy atom. The fourth-order valence-electron chi connectivity index (χ4n) is 2.81. The van der Waals surface area contributed by atoms with Crippen molar-refractivity contribution in [2.45, 2.75) is 31.3 Å². The Hall–Kier alpha value is -1.82. The number of ether oxygens (including phenoxy) is 1. The van der Waals surface area contributed by atoms with E-state index in [9.17, 15) is 26.4 Å². The van der Waals surface area contributed by atoms with Crippen LogP contribution in [0.4, 0.5) is 18.0 Å². The minimum Gasteiger partial charge on any atom is -0.440 e. The van der Waals surface area contributed by atoms with E-state index < -0.39 is 28.9 Å². The quantitative estimate of drug-likeness (QED) is 0.769. The molecule has 0 spiro atoms. The lowest BCUT2D eigenvalue weighted by atomic mass is 10.4. The number of alkyl halides is 3. The van der Waals surface area contributed by atoms with Crippen molar-refractivity contribution in [1.82, 2.24) is 19.0 Å². The Balaban J connectivity index is 2.09. The van der Waals surface area contributed by atoms with Gasteiger partial charge in [-0.3, -0.25) is 4.68 Å². The molecule has 0 N–H and O–H groups in total. The summed E-state index contributed by atoms with van der Waals surface area (Å²) in [4.78, 5) is 13.0. The van der Waals surface area contributed by atoms with Crippen LogP contribution in [-0.2, 0) is 21.8 Å². The summed E-state index contributed by atoms with van der Waals surface area (Å²) in [6.07, 6.45) is -5.42. The van der Waals surface area contributed by atoms with Gasteiger partial charge in [-0.1, -0.05) is 0 Å². The average molecular weight is 398 g/mol. The van der Waals surface area contributed by atoms with Crippen molar-refractivity contribution in [2.75, 3.05) is 32.8 Å². The van der Waals surface area contributed by atoms with E-state index >= 15 is 0 Å². The number of hydrogen-bond acceptors (Lipinski definition) is 5. The van der Waals surface area contributed by atoms with Gasteiger partial charge in [-0.15, -0.1) is 0 Å². The summed E-state index contributed by atoms with van der Waals surface area (Å²) in [6.45, 7) is 1.76. The van der Waals surface area contributed by atoms with Crippen molar-refractivity contribution in [3.05, 3.63) is 11.4 Å². The molecule has 8 nitrogen and oxygen atoms in total. The van der Waals surface area contributed by atoms with E-state index in [0.29, 0.717) is 17.8 Å². The molecule has 2 rings (SSSR count). The van der Waals surface area contributed by atoms with E-state index in [1.807, 2.05) is 0 Å².